The molecule has 0 aliphatic carbocycles. The third-order valence-electron chi connectivity index (χ3n) is 2.02. The highest BCUT2D eigenvalue weighted by Gasteiger charge is 2.00. The zero-order valence-corrected chi connectivity index (χ0v) is 8.95. The summed E-state index contributed by atoms with van der Waals surface area (Å²) in [5.74, 6) is 0. The second kappa shape index (κ2) is 5.14. The third-order valence-corrected chi connectivity index (χ3v) is 2.02. The van der Waals surface area contributed by atoms with E-state index in [1.54, 1.807) is 0 Å². The van der Waals surface area contributed by atoms with Gasteiger partial charge in [0.25, 0.3) is 0 Å². The fraction of sp³-hybridized carbons (Fsp3) is 0.273. The highest BCUT2D eigenvalue weighted by molar-refractivity contribution is 6.00. The number of nitrogens with zero attached hydrogens (tertiary/aromatic N) is 1. The molecule has 0 spiro atoms. The summed E-state index contributed by atoms with van der Waals surface area (Å²) in [4.78, 5) is 10.5. The largest absolute Gasteiger partial charge is 0.350 e. The van der Waals surface area contributed by atoms with Crippen LogP contribution in [0.2, 0.25) is 0 Å². The molecular formula is C11H15N3O. The van der Waals surface area contributed by atoms with E-state index in [2.05, 4.69) is 10.5 Å². The Morgan fingerprint density at radius 1 is 1.40 bits per heavy atom. The lowest BCUT2D eigenvalue weighted by molar-refractivity contribution is 0.249. The molecule has 1 rings (SSSR count). The van der Waals surface area contributed by atoms with E-state index in [0.29, 0.717) is 0 Å². The first-order chi connectivity index (χ1) is 7.13. The van der Waals surface area contributed by atoms with Crippen molar-refractivity contribution >= 4 is 11.7 Å². The van der Waals surface area contributed by atoms with E-state index in [1.165, 1.54) is 5.56 Å². The molecule has 2 amide bonds. The number of nitrogens with one attached hydrogen (secondary N) is 1. The highest BCUT2D eigenvalue weighted by Crippen LogP contribution is 2.06. The van der Waals surface area contributed by atoms with Crippen molar-refractivity contribution in [2.45, 2.75) is 20.3 Å². The van der Waals surface area contributed by atoms with Gasteiger partial charge in [0, 0.05) is 0 Å². The van der Waals surface area contributed by atoms with Gasteiger partial charge in [-0.1, -0.05) is 36.8 Å². The summed E-state index contributed by atoms with van der Waals surface area (Å²) in [5, 5.41) is 3.93. The molecule has 0 radical (unpaired) electrons. The number of rotatable bonds is 3. The van der Waals surface area contributed by atoms with Gasteiger partial charge in [0.2, 0.25) is 0 Å². The zero-order valence-electron chi connectivity index (χ0n) is 8.95. The predicted octanol–water partition coefficient (Wildman–Crippen LogP) is 1.78. The number of benzene rings is 1. The van der Waals surface area contributed by atoms with Crippen LogP contribution in [0.1, 0.15) is 24.5 Å². The molecule has 4 nitrogen and oxygen atoms in total. The van der Waals surface area contributed by atoms with Crippen LogP contribution >= 0.6 is 0 Å². The summed E-state index contributed by atoms with van der Waals surface area (Å²) in [6.07, 6.45) is 0.739. The van der Waals surface area contributed by atoms with Crippen LogP contribution in [0.3, 0.4) is 0 Å². The van der Waals surface area contributed by atoms with Gasteiger partial charge in [0.15, 0.2) is 0 Å². The molecule has 0 heterocycles. The number of urea groups is 1. The quantitative estimate of drug-likeness (QED) is 0.573. The van der Waals surface area contributed by atoms with Crippen LogP contribution in [0.5, 0.6) is 0 Å². The van der Waals surface area contributed by atoms with Gasteiger partial charge in [0.05, 0.1) is 5.71 Å². The van der Waals surface area contributed by atoms with Gasteiger partial charge in [-0.05, 0) is 18.9 Å². The first-order valence-electron chi connectivity index (χ1n) is 4.82. The Morgan fingerprint density at radius 3 is 2.47 bits per heavy atom. The maximum atomic E-state index is 10.5. The molecule has 0 aliphatic rings. The van der Waals surface area contributed by atoms with E-state index in [-0.39, 0.29) is 0 Å². The van der Waals surface area contributed by atoms with E-state index in [9.17, 15) is 4.79 Å². The average Bonchev–Trinajstić information content (AvgIpc) is 2.21. The van der Waals surface area contributed by atoms with Crippen molar-refractivity contribution in [3.05, 3.63) is 35.4 Å². The molecule has 0 aliphatic heterocycles. The number of amides is 2. The maximum Gasteiger partial charge on any atom is 0.332 e. The SMILES string of the molecule is CC/C(=N/NC(N)=O)c1ccc(C)cc1. The van der Waals surface area contributed by atoms with E-state index in [1.807, 2.05) is 38.1 Å². The van der Waals surface area contributed by atoms with E-state index in [4.69, 9.17) is 5.73 Å². The first kappa shape index (κ1) is 11.2. The van der Waals surface area contributed by atoms with Gasteiger partial charge >= 0.3 is 6.03 Å². The van der Waals surface area contributed by atoms with Crippen molar-refractivity contribution in [3.8, 4) is 0 Å². The van der Waals surface area contributed by atoms with Gasteiger partial charge in [-0.25, -0.2) is 10.2 Å². The van der Waals surface area contributed by atoms with E-state index >= 15 is 0 Å². The third kappa shape index (κ3) is 3.42. The summed E-state index contributed by atoms with van der Waals surface area (Å²) >= 11 is 0. The van der Waals surface area contributed by atoms with Crippen molar-refractivity contribution in [3.63, 3.8) is 0 Å². The van der Waals surface area contributed by atoms with Gasteiger partial charge in [0.1, 0.15) is 0 Å². The number of carbonyl (C=O) groups excluding carboxylic acids is 1. The van der Waals surface area contributed by atoms with Crippen molar-refractivity contribution in [1.29, 1.82) is 0 Å². The second-order valence-corrected chi connectivity index (χ2v) is 3.25. The zero-order chi connectivity index (χ0) is 11.3. The molecule has 0 saturated carbocycles. The number of hydrogen-bond donors (Lipinski definition) is 2. The molecular weight excluding hydrogens is 190 g/mol. The Labute approximate surface area is 89.2 Å². The summed E-state index contributed by atoms with van der Waals surface area (Å²) in [5.41, 5.74) is 10.2. The highest BCUT2D eigenvalue weighted by atomic mass is 16.2. The number of hydrazone groups is 1. The van der Waals surface area contributed by atoms with Gasteiger partial charge in [-0.3, -0.25) is 0 Å². The molecule has 4 heteroatoms. The van der Waals surface area contributed by atoms with Gasteiger partial charge in [-0.15, -0.1) is 0 Å². The molecule has 3 N–H and O–H groups in total. The fourth-order valence-electron chi connectivity index (χ4n) is 1.22. The molecule has 0 aromatic heterocycles. The maximum absolute atomic E-state index is 10.5. The predicted molar refractivity (Wildman–Crippen MR) is 60.7 cm³/mol. The van der Waals surface area contributed by atoms with Crippen molar-refractivity contribution in [2.24, 2.45) is 10.8 Å². The van der Waals surface area contributed by atoms with Crippen LogP contribution in [-0.4, -0.2) is 11.7 Å². The lowest BCUT2D eigenvalue weighted by Crippen LogP contribution is -2.25. The molecule has 0 saturated heterocycles. The molecule has 0 unspecified atom stereocenters. The number of carbonyl (C=O) groups is 1. The summed E-state index contributed by atoms with van der Waals surface area (Å²) in [6.45, 7) is 4.00. The summed E-state index contributed by atoms with van der Waals surface area (Å²) in [7, 11) is 0. The Bertz CT molecular complexity index is 368. The summed E-state index contributed by atoms with van der Waals surface area (Å²) in [6, 6.07) is 7.31. The molecule has 0 bridgehead atoms. The van der Waals surface area contributed by atoms with Crippen molar-refractivity contribution < 1.29 is 4.79 Å². The molecule has 80 valence electrons. The van der Waals surface area contributed by atoms with Crippen molar-refractivity contribution in [2.75, 3.05) is 0 Å². The van der Waals surface area contributed by atoms with Crippen LogP contribution in [0, 0.1) is 6.92 Å². The first-order valence-corrected chi connectivity index (χ1v) is 4.82. The van der Waals surface area contributed by atoms with Gasteiger partial charge < -0.3 is 5.73 Å². The molecule has 0 atom stereocenters. The van der Waals surface area contributed by atoms with E-state index < -0.39 is 6.03 Å². The lowest BCUT2D eigenvalue weighted by atomic mass is 10.1. The minimum atomic E-state index is -0.645. The van der Waals surface area contributed by atoms with Crippen LogP contribution in [0.25, 0.3) is 0 Å². The molecule has 15 heavy (non-hydrogen) atoms. The topological polar surface area (TPSA) is 67.5 Å². The van der Waals surface area contributed by atoms with Crippen molar-refractivity contribution in [1.82, 2.24) is 5.43 Å². The minimum absolute atomic E-state index is 0.645. The summed E-state index contributed by atoms with van der Waals surface area (Å²) < 4.78 is 0. The monoisotopic (exact) mass is 205 g/mol. The second-order valence-electron chi connectivity index (χ2n) is 3.25. The molecule has 1 aromatic rings. The number of nitrogens with two attached hydrogens (primary N) is 1. The number of aryl methyl sites for hydroxylation is 1. The Balaban J connectivity index is 2.87. The minimum Gasteiger partial charge on any atom is -0.350 e. The van der Waals surface area contributed by atoms with Gasteiger partial charge in [-0.2, -0.15) is 5.10 Å². The molecule has 1 aromatic carbocycles. The van der Waals surface area contributed by atoms with E-state index in [0.717, 1.165) is 17.7 Å². The molecule has 0 fully saturated rings. The average molecular weight is 205 g/mol. The Hall–Kier alpha value is -1.84. The van der Waals surface area contributed by atoms with Crippen LogP contribution < -0.4 is 11.2 Å². The lowest BCUT2D eigenvalue weighted by Gasteiger charge is -2.04. The Morgan fingerprint density at radius 2 is 2.00 bits per heavy atom. The fourth-order valence-corrected chi connectivity index (χ4v) is 1.22. The van der Waals surface area contributed by atoms with Crippen LogP contribution in [0.4, 0.5) is 4.79 Å². The number of primary amides is 1. The number of hydrogen-bond acceptors (Lipinski definition) is 2. The van der Waals surface area contributed by atoms with Crippen LogP contribution in [-0.2, 0) is 0 Å². The van der Waals surface area contributed by atoms with Crippen LogP contribution in [0.15, 0.2) is 29.4 Å². The normalized spacial score (nSPS) is 11.2. The Kier molecular flexibility index (Phi) is 3.85. The smallest absolute Gasteiger partial charge is 0.332 e. The standard InChI is InChI=1S/C11H15N3O/c1-3-10(13-14-11(12)15)9-6-4-8(2)5-7-9/h4-7H,3H2,1-2H3,(H3,12,14,15)/b13-10-.